The minimum Gasteiger partial charge on any atom is -0.398 e. The van der Waals surface area contributed by atoms with Crippen LogP contribution in [0, 0.1) is 28.6 Å². The van der Waals surface area contributed by atoms with E-state index in [1.807, 2.05) is 31.2 Å². The number of aliphatic hydroxyl groups is 2. The third-order valence-corrected chi connectivity index (χ3v) is 11.5. The Labute approximate surface area is 250 Å². The van der Waals surface area contributed by atoms with E-state index >= 15 is 0 Å². The van der Waals surface area contributed by atoms with Crippen molar-refractivity contribution in [2.45, 2.75) is 70.1 Å². The minimum atomic E-state index is -1.44. The smallest absolute Gasteiger partial charge is 0.235 e. The first-order valence-corrected chi connectivity index (χ1v) is 15.2. The van der Waals surface area contributed by atoms with Gasteiger partial charge in [0.15, 0.2) is 23.5 Å². The number of anilines is 1. The Morgan fingerprint density at radius 2 is 1.98 bits per heavy atom. The van der Waals surface area contributed by atoms with Crippen molar-refractivity contribution in [1.29, 1.82) is 0 Å². The number of ether oxygens (including phenoxy) is 2. The molecule has 0 spiro atoms. The largest absolute Gasteiger partial charge is 0.398 e. The number of rotatable bonds is 5. The van der Waals surface area contributed by atoms with Crippen LogP contribution in [0.15, 0.2) is 66.5 Å². The minimum absolute atomic E-state index is 0.00857. The molecule has 9 atom stereocenters. The van der Waals surface area contributed by atoms with Crippen LogP contribution in [0.4, 0.5) is 5.69 Å². The van der Waals surface area contributed by atoms with Gasteiger partial charge in [-0.05, 0) is 67.4 Å². The van der Waals surface area contributed by atoms with Gasteiger partial charge in [0, 0.05) is 40.4 Å². The molecule has 1 aromatic carbocycles. The van der Waals surface area contributed by atoms with Gasteiger partial charge >= 0.3 is 0 Å². The molecule has 7 rings (SSSR count). The molecule has 0 radical (unpaired) electrons. The standard InChI is InChI=1S/C34H38N2O7/c1-32-11-9-22(38)14-21(32)7-8-23-24-15-28-34(27(40)18-37,33(24,2)16-26(39)30(23)32)43-31(42-28)20-10-12-36(17-20)29(41)13-19-5-3-4-6-25(19)35/h3-6,9-12,14,17,23-24,26,28,30-31,37,39H,7-8,13,15-16,18,35H2,1-2H3/t23-,24-,26-,28+,30+,31+,32-,33-,34+/m0/s1. The highest BCUT2D eigenvalue weighted by molar-refractivity contribution is 6.01. The average Bonchev–Trinajstić information content (AvgIpc) is 3.67. The molecule has 4 aliphatic carbocycles. The molecular formula is C34H38N2O7. The number of allylic oxidation sites excluding steroid dienone is 4. The summed E-state index contributed by atoms with van der Waals surface area (Å²) < 4.78 is 14.6. The molecule has 1 aromatic heterocycles. The second-order valence-electron chi connectivity index (χ2n) is 13.5. The highest BCUT2D eigenvalue weighted by Crippen LogP contribution is 2.70. The van der Waals surface area contributed by atoms with Crippen molar-refractivity contribution in [1.82, 2.24) is 4.57 Å². The van der Waals surface area contributed by atoms with Crippen LogP contribution in [-0.2, 0) is 25.5 Å². The van der Waals surface area contributed by atoms with Gasteiger partial charge in [0.05, 0.1) is 18.6 Å². The number of hydrogen-bond donors (Lipinski definition) is 3. The maximum atomic E-state index is 13.7. The lowest BCUT2D eigenvalue weighted by Crippen LogP contribution is -2.63. The molecule has 0 amide bonds. The predicted octanol–water partition coefficient (Wildman–Crippen LogP) is 3.56. The lowest BCUT2D eigenvalue weighted by Gasteiger charge is -2.59. The number of Topliss-reactive ketones (excluding diaryl/α,β-unsaturated/α-hetero) is 1. The monoisotopic (exact) mass is 586 g/mol. The molecule has 5 aliphatic rings. The summed E-state index contributed by atoms with van der Waals surface area (Å²) in [5.41, 5.74) is 6.31. The Morgan fingerprint density at radius 3 is 2.74 bits per heavy atom. The first-order chi connectivity index (χ1) is 20.5. The fourth-order valence-electron chi connectivity index (χ4n) is 9.49. The van der Waals surface area contributed by atoms with E-state index in [-0.39, 0.29) is 35.9 Å². The number of benzene rings is 1. The van der Waals surface area contributed by atoms with Crippen molar-refractivity contribution < 1.29 is 34.1 Å². The number of carbonyl (C=O) groups excluding carboxylic acids is 3. The van der Waals surface area contributed by atoms with E-state index in [1.165, 1.54) is 4.57 Å². The van der Waals surface area contributed by atoms with Crippen LogP contribution in [0.5, 0.6) is 0 Å². The lowest BCUT2D eigenvalue weighted by atomic mass is 9.46. The molecule has 4 fully saturated rings. The van der Waals surface area contributed by atoms with Crippen molar-refractivity contribution in [3.8, 4) is 0 Å². The first-order valence-electron chi connectivity index (χ1n) is 15.2. The van der Waals surface area contributed by atoms with Gasteiger partial charge in [-0.3, -0.25) is 19.0 Å². The van der Waals surface area contributed by atoms with Crippen LogP contribution < -0.4 is 5.73 Å². The molecule has 0 unspecified atom stereocenters. The van der Waals surface area contributed by atoms with E-state index < -0.39 is 47.3 Å². The Kier molecular flexibility index (Phi) is 6.49. The first kappa shape index (κ1) is 28.4. The summed E-state index contributed by atoms with van der Waals surface area (Å²) in [4.78, 5) is 38.9. The van der Waals surface area contributed by atoms with Gasteiger partial charge < -0.3 is 25.4 Å². The third-order valence-electron chi connectivity index (χ3n) is 11.5. The Balaban J connectivity index is 1.18. The van der Waals surface area contributed by atoms with Crippen LogP contribution in [0.25, 0.3) is 0 Å². The third kappa shape index (κ3) is 3.94. The zero-order chi connectivity index (χ0) is 30.3. The van der Waals surface area contributed by atoms with Crippen molar-refractivity contribution in [2.75, 3.05) is 12.3 Å². The summed E-state index contributed by atoms with van der Waals surface area (Å²) >= 11 is 0. The van der Waals surface area contributed by atoms with E-state index in [0.717, 1.165) is 24.0 Å². The number of aliphatic hydroxyl groups excluding tert-OH is 2. The molecule has 226 valence electrons. The van der Waals surface area contributed by atoms with Crippen LogP contribution >= 0.6 is 0 Å². The molecular weight excluding hydrogens is 548 g/mol. The van der Waals surface area contributed by atoms with E-state index in [2.05, 4.69) is 6.92 Å². The van der Waals surface area contributed by atoms with Gasteiger partial charge in [0.25, 0.3) is 0 Å². The number of aromatic nitrogens is 1. The van der Waals surface area contributed by atoms with Crippen LogP contribution in [0.2, 0.25) is 0 Å². The second-order valence-corrected chi connectivity index (χ2v) is 13.5. The molecule has 0 bridgehead atoms. The highest BCUT2D eigenvalue weighted by Gasteiger charge is 2.75. The fourth-order valence-corrected chi connectivity index (χ4v) is 9.49. The van der Waals surface area contributed by atoms with Gasteiger partial charge in [0.1, 0.15) is 6.61 Å². The van der Waals surface area contributed by atoms with E-state index in [0.29, 0.717) is 24.1 Å². The summed E-state index contributed by atoms with van der Waals surface area (Å²) in [7, 11) is 0. The van der Waals surface area contributed by atoms with Crippen molar-refractivity contribution >= 4 is 23.2 Å². The summed E-state index contributed by atoms with van der Waals surface area (Å²) in [6, 6.07) is 8.98. The SMILES string of the molecule is C[C@]12C=CC(=O)C=C1CC[C@@H]1[C@@H]2[C@@H](O)C[C@@]2(C)[C@H]1C[C@H]1O[C@@H](c3ccn(C(=O)Cc4ccccc4N)c3)O[C@]12C(=O)CO. The molecule has 3 saturated carbocycles. The van der Waals surface area contributed by atoms with E-state index in [1.54, 1.807) is 36.7 Å². The number of nitrogen functional groups attached to an aromatic ring is 1. The molecule has 9 heteroatoms. The number of nitrogens with zero attached hydrogens (tertiary/aromatic N) is 1. The molecule has 43 heavy (non-hydrogen) atoms. The second kappa shape index (κ2) is 9.82. The molecule has 2 aromatic rings. The highest BCUT2D eigenvalue weighted by atomic mass is 16.7. The predicted molar refractivity (Wildman–Crippen MR) is 157 cm³/mol. The van der Waals surface area contributed by atoms with E-state index in [9.17, 15) is 24.6 Å². The fraction of sp³-hybridized carbons (Fsp3) is 0.500. The number of para-hydroxylation sites is 1. The number of ketones is 2. The average molecular weight is 587 g/mol. The molecule has 1 saturated heterocycles. The topological polar surface area (TPSA) is 141 Å². The molecule has 2 heterocycles. The van der Waals surface area contributed by atoms with Gasteiger partial charge in [-0.1, -0.05) is 43.7 Å². The summed E-state index contributed by atoms with van der Waals surface area (Å²) in [5, 5.41) is 22.0. The quantitative estimate of drug-likeness (QED) is 0.452. The summed E-state index contributed by atoms with van der Waals surface area (Å²) in [6.07, 6.45) is 8.85. The van der Waals surface area contributed by atoms with Crippen molar-refractivity contribution in [2.24, 2.45) is 28.6 Å². The number of hydrogen-bond acceptors (Lipinski definition) is 8. The maximum absolute atomic E-state index is 13.7. The summed E-state index contributed by atoms with van der Waals surface area (Å²) in [6.45, 7) is 3.41. The van der Waals surface area contributed by atoms with Crippen LogP contribution in [0.1, 0.15) is 61.7 Å². The van der Waals surface area contributed by atoms with Gasteiger partial charge in [-0.25, -0.2) is 0 Å². The summed E-state index contributed by atoms with van der Waals surface area (Å²) in [5.74, 6) is -0.654. The molecule has 1 aliphatic heterocycles. The number of carbonyl (C=O) groups is 3. The normalized spacial score (nSPS) is 39.4. The van der Waals surface area contributed by atoms with Gasteiger partial charge in [0.2, 0.25) is 5.91 Å². The zero-order valence-corrected chi connectivity index (χ0v) is 24.4. The number of nitrogens with two attached hydrogens (primary N) is 1. The van der Waals surface area contributed by atoms with Gasteiger partial charge in [-0.2, -0.15) is 0 Å². The Hall–Kier alpha value is -3.37. The zero-order valence-electron chi connectivity index (χ0n) is 24.4. The van der Waals surface area contributed by atoms with E-state index in [4.69, 9.17) is 15.2 Å². The maximum Gasteiger partial charge on any atom is 0.235 e. The molecule has 9 nitrogen and oxygen atoms in total. The molecule has 4 N–H and O–H groups in total. The van der Waals surface area contributed by atoms with Crippen LogP contribution in [0.3, 0.4) is 0 Å². The Morgan fingerprint density at radius 1 is 1.19 bits per heavy atom. The van der Waals surface area contributed by atoms with Crippen LogP contribution in [-0.4, -0.2) is 56.7 Å². The Bertz CT molecular complexity index is 1580. The van der Waals surface area contributed by atoms with Gasteiger partial charge in [-0.15, -0.1) is 0 Å². The number of fused-ring (bicyclic) bond motifs is 7. The van der Waals surface area contributed by atoms with Crippen molar-refractivity contribution in [3.05, 3.63) is 77.7 Å². The lowest BCUT2D eigenvalue weighted by molar-refractivity contribution is -0.201. The van der Waals surface area contributed by atoms with Crippen molar-refractivity contribution in [3.63, 3.8) is 0 Å².